The number of ketones is 1. The van der Waals surface area contributed by atoms with Gasteiger partial charge in [0.1, 0.15) is 4.90 Å². The van der Waals surface area contributed by atoms with Gasteiger partial charge in [-0.05, 0) is 42.5 Å². The first-order valence-corrected chi connectivity index (χ1v) is 7.00. The van der Waals surface area contributed by atoms with Gasteiger partial charge in [-0.1, -0.05) is 0 Å². The fourth-order valence-electron chi connectivity index (χ4n) is 1.73. The summed E-state index contributed by atoms with van der Waals surface area (Å²) in [4.78, 5) is 11.7. The molecule has 0 aliphatic rings. The Bertz CT molecular complexity index is 767. The fourth-order valence-corrected chi connectivity index (χ4v) is 2.32. The lowest BCUT2D eigenvalue weighted by molar-refractivity contribution is 0.103. The maximum absolute atomic E-state index is 12.2. The number of benzene rings is 2. The second kappa shape index (κ2) is 4.95. The van der Waals surface area contributed by atoms with Crippen LogP contribution in [-0.4, -0.2) is 18.8 Å². The van der Waals surface area contributed by atoms with E-state index >= 15 is 0 Å². The van der Waals surface area contributed by atoms with Gasteiger partial charge in [-0.3, -0.25) is 9.35 Å². The quantitative estimate of drug-likeness (QED) is 0.445. The molecule has 0 bridgehead atoms. The molecule has 0 aromatic heterocycles. The molecule has 0 aliphatic heterocycles. The van der Waals surface area contributed by atoms with Gasteiger partial charge in [0.15, 0.2) is 5.78 Å². The zero-order valence-corrected chi connectivity index (χ0v) is 11.1. The monoisotopic (exact) mass is 292 g/mol. The van der Waals surface area contributed by atoms with Crippen molar-refractivity contribution in [3.05, 3.63) is 53.6 Å². The van der Waals surface area contributed by atoms with Crippen molar-refractivity contribution >= 4 is 27.3 Å². The van der Waals surface area contributed by atoms with Gasteiger partial charge in [-0.25, -0.2) is 0 Å². The normalized spacial score (nSPS) is 11.2. The van der Waals surface area contributed by atoms with E-state index in [1.807, 2.05) is 0 Å². The van der Waals surface area contributed by atoms with Crippen molar-refractivity contribution in [3.8, 4) is 0 Å². The number of nitrogen functional groups attached to an aromatic ring is 2. The molecule has 0 heterocycles. The SMILES string of the molecule is Nc1ccc(C(=O)c2ccc(S(=O)(=O)O)c(N)c2)cc1. The topological polar surface area (TPSA) is 123 Å². The third kappa shape index (κ3) is 2.79. The van der Waals surface area contributed by atoms with Crippen LogP contribution in [0.15, 0.2) is 47.4 Å². The maximum atomic E-state index is 12.2. The van der Waals surface area contributed by atoms with E-state index in [-0.39, 0.29) is 17.0 Å². The van der Waals surface area contributed by atoms with E-state index in [1.165, 1.54) is 12.1 Å². The Balaban J connectivity index is 2.42. The highest BCUT2D eigenvalue weighted by molar-refractivity contribution is 7.86. The molecule has 0 atom stereocenters. The van der Waals surface area contributed by atoms with Crippen molar-refractivity contribution < 1.29 is 17.8 Å². The van der Waals surface area contributed by atoms with Gasteiger partial charge in [0.2, 0.25) is 0 Å². The minimum absolute atomic E-state index is 0.186. The van der Waals surface area contributed by atoms with E-state index < -0.39 is 15.0 Å². The number of carbonyl (C=O) groups excluding carboxylic acids is 1. The van der Waals surface area contributed by atoms with Crippen molar-refractivity contribution in [2.45, 2.75) is 4.90 Å². The third-order valence-corrected chi connectivity index (χ3v) is 3.65. The minimum atomic E-state index is -4.40. The largest absolute Gasteiger partial charge is 0.399 e. The molecule has 2 rings (SSSR count). The molecular weight excluding hydrogens is 280 g/mol. The summed E-state index contributed by atoms with van der Waals surface area (Å²) in [7, 11) is -4.40. The van der Waals surface area contributed by atoms with Crippen LogP contribution in [-0.2, 0) is 10.1 Å². The zero-order valence-electron chi connectivity index (χ0n) is 10.3. The highest BCUT2D eigenvalue weighted by Gasteiger charge is 2.16. The number of carbonyl (C=O) groups is 1. The summed E-state index contributed by atoms with van der Waals surface area (Å²) in [5, 5.41) is 0. The summed E-state index contributed by atoms with van der Waals surface area (Å²) >= 11 is 0. The standard InChI is InChI=1S/C13H12N2O4S/c14-10-4-1-8(2-5-10)13(16)9-3-6-12(11(15)7-9)20(17,18)19/h1-7H,14-15H2,(H,17,18,19). The molecule has 2 aromatic carbocycles. The van der Waals surface area contributed by atoms with Crippen LogP contribution in [0.4, 0.5) is 11.4 Å². The number of hydrogen-bond donors (Lipinski definition) is 3. The average Bonchev–Trinajstić information content (AvgIpc) is 2.37. The van der Waals surface area contributed by atoms with Crippen molar-refractivity contribution in [3.63, 3.8) is 0 Å². The van der Waals surface area contributed by atoms with E-state index in [2.05, 4.69) is 0 Å². The Kier molecular flexibility index (Phi) is 3.47. The summed E-state index contributed by atoms with van der Waals surface area (Å²) in [5.41, 5.74) is 12.0. The first kappa shape index (κ1) is 14.0. The van der Waals surface area contributed by atoms with Crippen LogP contribution in [0.1, 0.15) is 15.9 Å². The lowest BCUT2D eigenvalue weighted by atomic mass is 10.0. The highest BCUT2D eigenvalue weighted by Crippen LogP contribution is 2.21. The predicted molar refractivity (Wildman–Crippen MR) is 75.0 cm³/mol. The minimum Gasteiger partial charge on any atom is -0.399 e. The van der Waals surface area contributed by atoms with Gasteiger partial charge in [0.05, 0.1) is 5.69 Å². The molecule has 0 saturated carbocycles. The zero-order chi connectivity index (χ0) is 14.9. The summed E-state index contributed by atoms with van der Waals surface area (Å²) in [6, 6.07) is 9.89. The molecule has 0 aliphatic carbocycles. The van der Waals surface area contributed by atoms with Gasteiger partial charge >= 0.3 is 0 Å². The molecule has 0 radical (unpaired) electrons. The Morgan fingerprint density at radius 2 is 1.50 bits per heavy atom. The molecular formula is C13H12N2O4S. The molecule has 0 spiro atoms. The summed E-state index contributed by atoms with van der Waals surface area (Å²) in [6.07, 6.45) is 0. The van der Waals surface area contributed by atoms with Gasteiger partial charge in [-0.15, -0.1) is 0 Å². The molecule has 0 saturated heterocycles. The van der Waals surface area contributed by atoms with Crippen molar-refractivity contribution in [1.82, 2.24) is 0 Å². The highest BCUT2D eigenvalue weighted by atomic mass is 32.2. The Morgan fingerprint density at radius 3 is 2.00 bits per heavy atom. The smallest absolute Gasteiger partial charge is 0.296 e. The molecule has 0 amide bonds. The number of hydrogen-bond acceptors (Lipinski definition) is 5. The van der Waals surface area contributed by atoms with Crippen LogP contribution in [0.2, 0.25) is 0 Å². The molecule has 20 heavy (non-hydrogen) atoms. The van der Waals surface area contributed by atoms with Crippen LogP contribution in [0.25, 0.3) is 0 Å². The number of rotatable bonds is 3. The second-order valence-corrected chi connectivity index (χ2v) is 5.57. The number of nitrogens with two attached hydrogens (primary N) is 2. The average molecular weight is 292 g/mol. The van der Waals surface area contributed by atoms with Crippen LogP contribution in [0.3, 0.4) is 0 Å². The van der Waals surface area contributed by atoms with Crippen LogP contribution in [0, 0.1) is 0 Å². The van der Waals surface area contributed by atoms with E-state index in [0.717, 1.165) is 6.07 Å². The first-order chi connectivity index (χ1) is 9.29. The van der Waals surface area contributed by atoms with E-state index in [9.17, 15) is 13.2 Å². The van der Waals surface area contributed by atoms with Gasteiger partial charge in [0, 0.05) is 16.8 Å². The Hall–Kier alpha value is -2.38. The van der Waals surface area contributed by atoms with Crippen molar-refractivity contribution in [1.29, 1.82) is 0 Å². The second-order valence-electron chi connectivity index (χ2n) is 4.18. The maximum Gasteiger partial charge on any atom is 0.296 e. The van der Waals surface area contributed by atoms with E-state index in [1.54, 1.807) is 24.3 Å². The molecule has 0 fully saturated rings. The van der Waals surface area contributed by atoms with Gasteiger partial charge in [-0.2, -0.15) is 8.42 Å². The van der Waals surface area contributed by atoms with Crippen LogP contribution >= 0.6 is 0 Å². The van der Waals surface area contributed by atoms with Crippen molar-refractivity contribution in [2.75, 3.05) is 11.5 Å². The predicted octanol–water partition coefficient (Wildman–Crippen LogP) is 1.33. The molecule has 2 aromatic rings. The summed E-state index contributed by atoms with van der Waals surface area (Å²) < 4.78 is 31.0. The van der Waals surface area contributed by atoms with E-state index in [4.69, 9.17) is 16.0 Å². The molecule has 0 unspecified atom stereocenters. The molecule has 7 heteroatoms. The lowest BCUT2D eigenvalue weighted by Gasteiger charge is -2.06. The first-order valence-electron chi connectivity index (χ1n) is 5.56. The van der Waals surface area contributed by atoms with Crippen LogP contribution < -0.4 is 11.5 Å². The number of anilines is 2. The van der Waals surface area contributed by atoms with Crippen molar-refractivity contribution in [2.24, 2.45) is 0 Å². The Morgan fingerprint density at radius 1 is 0.950 bits per heavy atom. The van der Waals surface area contributed by atoms with Gasteiger partial charge < -0.3 is 11.5 Å². The molecule has 5 N–H and O–H groups in total. The molecule has 104 valence electrons. The van der Waals surface area contributed by atoms with Crippen LogP contribution in [0.5, 0.6) is 0 Å². The third-order valence-electron chi connectivity index (χ3n) is 2.72. The fraction of sp³-hybridized carbons (Fsp3) is 0. The summed E-state index contributed by atoms with van der Waals surface area (Å²) in [5.74, 6) is -0.321. The van der Waals surface area contributed by atoms with E-state index in [0.29, 0.717) is 11.3 Å². The lowest BCUT2D eigenvalue weighted by Crippen LogP contribution is -2.07. The molecule has 6 nitrogen and oxygen atoms in total. The summed E-state index contributed by atoms with van der Waals surface area (Å²) in [6.45, 7) is 0. The Labute approximate surface area is 115 Å². The van der Waals surface area contributed by atoms with Gasteiger partial charge in [0.25, 0.3) is 10.1 Å².